The Morgan fingerprint density at radius 2 is 1.44 bits per heavy atom. The molecule has 0 saturated carbocycles. The summed E-state index contributed by atoms with van der Waals surface area (Å²) in [6, 6.07) is 0. The minimum absolute atomic E-state index is 0.0518. The Morgan fingerprint density at radius 3 is 2.00 bits per heavy atom. The lowest BCUT2D eigenvalue weighted by Crippen LogP contribution is -2.30. The fourth-order valence-electron chi connectivity index (χ4n) is 1.81. The average Bonchev–Trinajstić information content (AvgIpc) is 2.71. The third kappa shape index (κ3) is 1.28. The summed E-state index contributed by atoms with van der Waals surface area (Å²) >= 11 is 0. The molecule has 0 aliphatic carbocycles. The van der Waals surface area contributed by atoms with Gasteiger partial charge < -0.3 is 33.7 Å². The van der Waals surface area contributed by atoms with Crippen LogP contribution in [0.15, 0.2) is 0 Å². The largest absolute Gasteiger partial charge is 0.396 e. The van der Waals surface area contributed by atoms with Crippen LogP contribution < -0.4 is 39.9 Å². The molecule has 9 heteroatoms. The molecule has 1 aromatic heterocycles. The molecule has 2 rings (SSSR count). The van der Waals surface area contributed by atoms with Gasteiger partial charge in [0.05, 0.1) is 39.3 Å². The number of hydrazine groups is 1. The van der Waals surface area contributed by atoms with E-state index in [2.05, 4.69) is 4.98 Å². The van der Waals surface area contributed by atoms with Gasteiger partial charge in [0.1, 0.15) is 5.69 Å². The molecule has 2 aromatic rings. The summed E-state index contributed by atoms with van der Waals surface area (Å²) in [6.45, 7) is 0. The second-order valence-electron chi connectivity index (χ2n) is 3.79. The predicted molar refractivity (Wildman–Crippen MR) is 72.0 cm³/mol. The number of carbonyl (C=O) groups is 1. The van der Waals surface area contributed by atoms with Crippen LogP contribution >= 0.6 is 0 Å². The van der Waals surface area contributed by atoms with Crippen LogP contribution in [0.5, 0.6) is 0 Å². The van der Waals surface area contributed by atoms with Gasteiger partial charge in [-0.15, -0.1) is 0 Å². The number of nitrogens with two attached hydrogens (primary N) is 6. The van der Waals surface area contributed by atoms with E-state index in [0.717, 1.165) is 0 Å². The first kappa shape index (κ1) is 11.7. The minimum atomic E-state index is -0.598. The van der Waals surface area contributed by atoms with Crippen molar-refractivity contribution in [2.45, 2.75) is 0 Å². The first-order chi connectivity index (χ1) is 8.40. The highest BCUT2D eigenvalue weighted by Gasteiger charge is 2.21. The van der Waals surface area contributed by atoms with Crippen molar-refractivity contribution in [3.8, 4) is 0 Å². The number of hydrogen-bond donors (Lipinski definition) is 8. The third-order valence-corrected chi connectivity index (χ3v) is 2.81. The van der Waals surface area contributed by atoms with Crippen LogP contribution in [0.1, 0.15) is 10.5 Å². The van der Waals surface area contributed by atoms with Gasteiger partial charge in [0.25, 0.3) is 5.91 Å². The van der Waals surface area contributed by atoms with Gasteiger partial charge in [0.15, 0.2) is 0 Å². The first-order valence-corrected chi connectivity index (χ1v) is 4.94. The smallest absolute Gasteiger partial charge is 0.283 e. The highest BCUT2D eigenvalue weighted by Crippen LogP contribution is 2.41. The minimum Gasteiger partial charge on any atom is -0.396 e. The molecule has 0 aliphatic heterocycles. The van der Waals surface area contributed by atoms with E-state index in [-0.39, 0.29) is 34.1 Å². The second kappa shape index (κ2) is 3.60. The summed E-state index contributed by atoms with van der Waals surface area (Å²) in [5, 5.41) is 0.359. The Labute approximate surface area is 101 Å². The molecule has 0 fully saturated rings. The zero-order valence-electron chi connectivity index (χ0n) is 9.37. The number of nitrogens with one attached hydrogen (secondary N) is 2. The van der Waals surface area contributed by atoms with Gasteiger partial charge >= 0.3 is 0 Å². The van der Waals surface area contributed by atoms with Crippen molar-refractivity contribution < 1.29 is 4.79 Å². The molecule has 0 atom stereocenters. The zero-order valence-corrected chi connectivity index (χ0v) is 9.37. The normalized spacial score (nSPS) is 10.7. The Bertz CT molecular complexity index is 659. The van der Waals surface area contributed by atoms with Crippen molar-refractivity contribution in [1.82, 2.24) is 10.4 Å². The Morgan fingerprint density at radius 1 is 0.889 bits per heavy atom. The summed E-state index contributed by atoms with van der Waals surface area (Å²) in [7, 11) is 0. The number of hydrogen-bond acceptors (Lipinski definition) is 7. The molecule has 1 aromatic carbocycles. The average molecular weight is 250 g/mol. The molecular formula is C9H14N8O. The van der Waals surface area contributed by atoms with Gasteiger partial charge in [-0.05, 0) is 0 Å². The van der Waals surface area contributed by atoms with Crippen LogP contribution in [-0.4, -0.2) is 10.9 Å². The molecule has 0 aliphatic rings. The molecule has 1 heterocycles. The van der Waals surface area contributed by atoms with E-state index in [4.69, 9.17) is 34.5 Å². The maximum absolute atomic E-state index is 11.5. The Balaban J connectivity index is 2.93. The maximum Gasteiger partial charge on any atom is 0.283 e. The number of aromatic nitrogens is 1. The van der Waals surface area contributed by atoms with E-state index in [1.807, 2.05) is 5.43 Å². The number of amides is 1. The highest BCUT2D eigenvalue weighted by atomic mass is 16.2. The van der Waals surface area contributed by atoms with Gasteiger partial charge in [-0.3, -0.25) is 10.2 Å². The highest BCUT2D eigenvalue weighted by molar-refractivity contribution is 6.19. The van der Waals surface area contributed by atoms with Gasteiger partial charge in [-0.25, -0.2) is 5.84 Å². The quantitative estimate of drug-likeness (QED) is 0.133. The SMILES string of the molecule is NNC(=O)c1[nH]c2c(N)c(N)c(N)c(N)c2c1N. The molecule has 14 N–H and O–H groups in total. The lowest BCUT2D eigenvalue weighted by molar-refractivity contribution is 0.0950. The Hall–Kier alpha value is -2.81. The fraction of sp³-hybridized carbons (Fsp3) is 0. The van der Waals surface area contributed by atoms with Crippen LogP contribution in [0.3, 0.4) is 0 Å². The summed E-state index contributed by atoms with van der Waals surface area (Å²) in [4.78, 5) is 14.2. The van der Waals surface area contributed by atoms with Crippen molar-refractivity contribution in [3.05, 3.63) is 5.69 Å². The van der Waals surface area contributed by atoms with Crippen LogP contribution in [0.25, 0.3) is 10.9 Å². The number of rotatable bonds is 1. The number of nitrogen functional groups attached to an aromatic ring is 6. The predicted octanol–water partition coefficient (Wildman–Crippen LogP) is -1.32. The molecule has 18 heavy (non-hydrogen) atoms. The lowest BCUT2D eigenvalue weighted by Gasteiger charge is -2.09. The summed E-state index contributed by atoms with van der Waals surface area (Å²) in [6.07, 6.45) is 0. The van der Waals surface area contributed by atoms with E-state index >= 15 is 0 Å². The molecule has 0 bridgehead atoms. The molecule has 96 valence electrons. The molecule has 0 saturated heterocycles. The third-order valence-electron chi connectivity index (χ3n) is 2.81. The van der Waals surface area contributed by atoms with Crippen molar-refractivity contribution in [2.24, 2.45) is 5.84 Å². The standard InChI is InChI=1S/C9H14N8O/c10-2-1-3(11)8(9(18)17-15)16-7(1)6(14)5(13)4(2)12/h16H,10-15H2,(H,17,18). The van der Waals surface area contributed by atoms with Crippen LogP contribution in [0, 0.1) is 0 Å². The summed E-state index contributed by atoms with van der Waals surface area (Å²) in [5.41, 5.74) is 32.0. The second-order valence-corrected chi connectivity index (χ2v) is 3.79. The molecule has 0 spiro atoms. The van der Waals surface area contributed by atoms with Crippen LogP contribution in [-0.2, 0) is 0 Å². The molecule has 9 nitrogen and oxygen atoms in total. The van der Waals surface area contributed by atoms with Crippen LogP contribution in [0.4, 0.5) is 28.4 Å². The van der Waals surface area contributed by atoms with E-state index in [1.54, 1.807) is 0 Å². The zero-order chi connectivity index (χ0) is 13.6. The van der Waals surface area contributed by atoms with E-state index in [9.17, 15) is 4.79 Å². The number of fused-ring (bicyclic) bond motifs is 1. The summed E-state index contributed by atoms with van der Waals surface area (Å²) in [5.74, 6) is 4.45. The van der Waals surface area contributed by atoms with Gasteiger partial charge in [0.2, 0.25) is 0 Å². The van der Waals surface area contributed by atoms with Crippen molar-refractivity contribution in [2.75, 3.05) is 28.7 Å². The maximum atomic E-state index is 11.5. The topological polar surface area (TPSA) is 201 Å². The number of H-pyrrole nitrogens is 1. The molecule has 0 radical (unpaired) electrons. The lowest BCUT2D eigenvalue weighted by atomic mass is 10.1. The molecular weight excluding hydrogens is 236 g/mol. The number of anilines is 5. The Kier molecular flexibility index (Phi) is 2.33. The number of benzene rings is 1. The number of carbonyl (C=O) groups excluding carboxylic acids is 1. The van der Waals surface area contributed by atoms with Gasteiger partial charge in [-0.1, -0.05) is 0 Å². The summed E-state index contributed by atoms with van der Waals surface area (Å²) < 4.78 is 0. The number of aromatic amines is 1. The fourth-order valence-corrected chi connectivity index (χ4v) is 1.81. The molecule has 0 unspecified atom stereocenters. The van der Waals surface area contributed by atoms with Gasteiger partial charge in [0, 0.05) is 0 Å². The van der Waals surface area contributed by atoms with E-state index in [1.165, 1.54) is 0 Å². The monoisotopic (exact) mass is 250 g/mol. The van der Waals surface area contributed by atoms with Crippen molar-refractivity contribution in [3.63, 3.8) is 0 Å². The van der Waals surface area contributed by atoms with E-state index in [0.29, 0.717) is 10.9 Å². The van der Waals surface area contributed by atoms with Crippen LogP contribution in [0.2, 0.25) is 0 Å². The van der Waals surface area contributed by atoms with Gasteiger partial charge in [-0.2, -0.15) is 0 Å². The van der Waals surface area contributed by atoms with Crippen molar-refractivity contribution in [1.29, 1.82) is 0 Å². The van der Waals surface area contributed by atoms with E-state index < -0.39 is 5.91 Å². The first-order valence-electron chi connectivity index (χ1n) is 4.94. The van der Waals surface area contributed by atoms with Crippen molar-refractivity contribution >= 4 is 45.2 Å². The molecule has 1 amide bonds.